The van der Waals surface area contributed by atoms with Crippen LogP contribution in [0.4, 0.5) is 0 Å². The first kappa shape index (κ1) is 31.6. The van der Waals surface area contributed by atoms with Gasteiger partial charge in [0, 0.05) is 6.42 Å². The molecule has 41 heavy (non-hydrogen) atoms. The molecule has 0 aliphatic carbocycles. The molecule has 0 heterocycles. The van der Waals surface area contributed by atoms with Gasteiger partial charge < -0.3 is 24.4 Å². The maximum Gasteiger partial charge on any atom is 0.143 e. The molecule has 3 aromatic rings. The van der Waals surface area contributed by atoms with Crippen LogP contribution in [0.25, 0.3) is 0 Å². The molecule has 0 aromatic heterocycles. The monoisotopic (exact) mass is 554 g/mol. The fourth-order valence-electron chi connectivity index (χ4n) is 4.50. The van der Waals surface area contributed by atoms with E-state index in [1.165, 1.54) is 0 Å². The first-order chi connectivity index (χ1) is 20.0. The molecule has 2 unspecified atom stereocenters. The lowest BCUT2D eigenvalue weighted by Crippen LogP contribution is -2.34. The zero-order chi connectivity index (χ0) is 29.3. The molecule has 0 aliphatic rings. The summed E-state index contributed by atoms with van der Waals surface area (Å²) in [4.78, 5) is 0. The molecular formula is C36H42O5. The largest absolute Gasteiger partial charge is 0.497 e. The Morgan fingerprint density at radius 2 is 1.17 bits per heavy atom. The van der Waals surface area contributed by atoms with E-state index in [0.717, 1.165) is 34.6 Å². The molecule has 216 valence electrons. The van der Waals surface area contributed by atoms with E-state index in [-0.39, 0.29) is 0 Å². The summed E-state index contributed by atoms with van der Waals surface area (Å²) in [7, 11) is 3.30. The Balaban J connectivity index is 1.77. The average molecular weight is 555 g/mol. The van der Waals surface area contributed by atoms with Crippen LogP contribution in [0.2, 0.25) is 0 Å². The molecule has 3 aromatic carbocycles. The van der Waals surface area contributed by atoms with E-state index in [4.69, 9.17) is 14.2 Å². The van der Waals surface area contributed by atoms with Crippen molar-refractivity contribution in [2.75, 3.05) is 20.8 Å². The molecule has 0 aliphatic heterocycles. The molecule has 0 radical (unpaired) electrons. The van der Waals surface area contributed by atoms with E-state index in [1.54, 1.807) is 32.4 Å². The van der Waals surface area contributed by atoms with E-state index in [9.17, 15) is 10.2 Å². The van der Waals surface area contributed by atoms with Gasteiger partial charge in [-0.1, -0.05) is 110 Å². The highest BCUT2D eigenvalue weighted by Gasteiger charge is 2.37. The lowest BCUT2D eigenvalue weighted by Gasteiger charge is -2.36. The number of rotatable bonds is 16. The van der Waals surface area contributed by atoms with Crippen LogP contribution in [0.1, 0.15) is 42.9 Å². The van der Waals surface area contributed by atoms with Crippen molar-refractivity contribution < 1.29 is 24.4 Å². The van der Waals surface area contributed by atoms with Crippen LogP contribution in [-0.2, 0) is 10.3 Å². The van der Waals surface area contributed by atoms with E-state index in [1.807, 2.05) is 97.1 Å². The number of benzene rings is 3. The van der Waals surface area contributed by atoms with Crippen LogP contribution >= 0.6 is 0 Å². The Morgan fingerprint density at radius 1 is 0.659 bits per heavy atom. The predicted molar refractivity (Wildman–Crippen MR) is 166 cm³/mol. The van der Waals surface area contributed by atoms with Gasteiger partial charge in [-0.25, -0.2) is 0 Å². The maximum absolute atomic E-state index is 10.7. The minimum absolute atomic E-state index is 0.305. The molecule has 5 heteroatoms. The number of methoxy groups -OCH3 is 2. The van der Waals surface area contributed by atoms with Crippen LogP contribution in [0.15, 0.2) is 127 Å². The lowest BCUT2D eigenvalue weighted by molar-refractivity contribution is -0.000101. The number of aliphatic hydroxyl groups excluding tert-OH is 2. The van der Waals surface area contributed by atoms with Crippen LogP contribution in [0, 0.1) is 0 Å². The number of aliphatic hydroxyl groups is 2. The Labute approximate surface area is 244 Å². The molecule has 2 N–H and O–H groups in total. The topological polar surface area (TPSA) is 68.2 Å². The Kier molecular flexibility index (Phi) is 13.1. The van der Waals surface area contributed by atoms with E-state index < -0.39 is 17.8 Å². The summed E-state index contributed by atoms with van der Waals surface area (Å²) in [5, 5.41) is 20.6. The number of ether oxygens (including phenoxy) is 3. The Hall–Kier alpha value is -3.90. The maximum atomic E-state index is 10.7. The predicted octanol–water partition coefficient (Wildman–Crippen LogP) is 7.15. The van der Waals surface area contributed by atoms with Crippen molar-refractivity contribution in [2.24, 2.45) is 0 Å². The van der Waals surface area contributed by atoms with Gasteiger partial charge in [0.25, 0.3) is 0 Å². The van der Waals surface area contributed by atoms with Crippen LogP contribution in [-0.4, -0.2) is 43.2 Å². The normalized spacial score (nSPS) is 13.9. The van der Waals surface area contributed by atoms with Crippen molar-refractivity contribution in [1.82, 2.24) is 0 Å². The number of hydrogen-bond acceptors (Lipinski definition) is 5. The summed E-state index contributed by atoms with van der Waals surface area (Å²) < 4.78 is 17.6. The highest BCUT2D eigenvalue weighted by molar-refractivity contribution is 5.49. The zero-order valence-corrected chi connectivity index (χ0v) is 24.2. The van der Waals surface area contributed by atoms with Gasteiger partial charge in [-0.2, -0.15) is 0 Å². The van der Waals surface area contributed by atoms with Gasteiger partial charge in [0.1, 0.15) is 17.1 Å². The van der Waals surface area contributed by atoms with Crippen molar-refractivity contribution in [3.63, 3.8) is 0 Å². The van der Waals surface area contributed by atoms with Gasteiger partial charge in [0.2, 0.25) is 0 Å². The standard InChI is InChI=1S/C36H42O5/c1-4-5-9-16-32(37)17-12-6-7-13-18-33(38)27-28-41-36(29-14-10-8-11-15-29,30-19-23-34(39-2)24-20-30)31-21-25-35(40-3)26-22-31/h5-15,17-26,32-33,37-38H,4,16,27-28H2,1-3H3. The van der Waals surface area contributed by atoms with Crippen LogP contribution in [0.5, 0.6) is 11.5 Å². The van der Waals surface area contributed by atoms with Crippen molar-refractivity contribution >= 4 is 0 Å². The van der Waals surface area contributed by atoms with Gasteiger partial charge in [0.05, 0.1) is 33.0 Å². The third-order valence-electron chi connectivity index (χ3n) is 6.69. The van der Waals surface area contributed by atoms with Crippen molar-refractivity contribution in [2.45, 2.75) is 44.0 Å². The fourth-order valence-corrected chi connectivity index (χ4v) is 4.50. The molecule has 0 saturated heterocycles. The summed E-state index contributed by atoms with van der Waals surface area (Å²) in [6.45, 7) is 2.37. The summed E-state index contributed by atoms with van der Waals surface area (Å²) >= 11 is 0. The quantitative estimate of drug-likeness (QED) is 0.112. The Bertz CT molecular complexity index is 1210. The van der Waals surface area contributed by atoms with E-state index in [0.29, 0.717) is 19.4 Å². The molecule has 0 amide bonds. The molecule has 0 spiro atoms. The molecule has 0 fully saturated rings. The van der Waals surface area contributed by atoms with E-state index in [2.05, 4.69) is 19.1 Å². The molecule has 0 bridgehead atoms. The number of allylic oxidation sites excluding steroid dienone is 5. The van der Waals surface area contributed by atoms with Crippen LogP contribution < -0.4 is 9.47 Å². The summed E-state index contributed by atoms with van der Waals surface area (Å²) in [6, 6.07) is 25.9. The lowest BCUT2D eigenvalue weighted by atomic mass is 9.80. The second-order valence-electron chi connectivity index (χ2n) is 9.55. The molecule has 3 rings (SSSR count). The Morgan fingerprint density at radius 3 is 1.68 bits per heavy atom. The molecule has 0 saturated carbocycles. The minimum atomic E-state index is -0.916. The summed E-state index contributed by atoms with van der Waals surface area (Å²) in [6.07, 6.45) is 15.6. The van der Waals surface area contributed by atoms with Gasteiger partial charge in [0.15, 0.2) is 0 Å². The molecule has 5 nitrogen and oxygen atoms in total. The van der Waals surface area contributed by atoms with Crippen LogP contribution in [0.3, 0.4) is 0 Å². The second kappa shape index (κ2) is 17.0. The summed E-state index contributed by atoms with van der Waals surface area (Å²) in [5.74, 6) is 1.52. The fraction of sp³-hybridized carbons (Fsp3) is 0.278. The van der Waals surface area contributed by atoms with Gasteiger partial charge in [-0.3, -0.25) is 0 Å². The molecular weight excluding hydrogens is 512 g/mol. The minimum Gasteiger partial charge on any atom is -0.497 e. The van der Waals surface area contributed by atoms with Gasteiger partial charge in [-0.15, -0.1) is 0 Å². The smallest absolute Gasteiger partial charge is 0.143 e. The second-order valence-corrected chi connectivity index (χ2v) is 9.55. The SMILES string of the molecule is CCC=CCC(O)C=CC=CC=CC(O)CCOC(c1ccccc1)(c1ccc(OC)cc1)c1ccc(OC)cc1. The summed E-state index contributed by atoms with van der Waals surface area (Å²) in [5.41, 5.74) is 1.95. The van der Waals surface area contributed by atoms with Crippen molar-refractivity contribution in [3.05, 3.63) is 144 Å². The first-order valence-corrected chi connectivity index (χ1v) is 14.0. The third-order valence-corrected chi connectivity index (χ3v) is 6.69. The number of hydrogen-bond donors (Lipinski definition) is 2. The van der Waals surface area contributed by atoms with Gasteiger partial charge in [-0.05, 0) is 53.8 Å². The first-order valence-electron chi connectivity index (χ1n) is 14.0. The van der Waals surface area contributed by atoms with E-state index >= 15 is 0 Å². The average Bonchev–Trinajstić information content (AvgIpc) is 3.02. The van der Waals surface area contributed by atoms with Gasteiger partial charge >= 0.3 is 0 Å². The molecule has 2 atom stereocenters. The van der Waals surface area contributed by atoms with Crippen molar-refractivity contribution in [1.29, 1.82) is 0 Å². The third kappa shape index (κ3) is 9.32. The highest BCUT2D eigenvalue weighted by Crippen LogP contribution is 2.41. The zero-order valence-electron chi connectivity index (χ0n) is 24.2. The highest BCUT2D eigenvalue weighted by atomic mass is 16.5. The van der Waals surface area contributed by atoms with Crippen molar-refractivity contribution in [3.8, 4) is 11.5 Å².